The molecule has 9 nitrogen and oxygen atoms in total. The van der Waals surface area contributed by atoms with Crippen LogP contribution >= 0.6 is 0 Å². The molecule has 37 heavy (non-hydrogen) atoms. The van der Waals surface area contributed by atoms with Crippen molar-refractivity contribution in [2.75, 3.05) is 24.8 Å². The van der Waals surface area contributed by atoms with Crippen LogP contribution in [0.5, 0.6) is 23.0 Å². The summed E-state index contributed by atoms with van der Waals surface area (Å²) in [5.74, 6) is 1.64. The number of para-hydroxylation sites is 2. The number of aliphatic carboxylic acids is 1. The van der Waals surface area contributed by atoms with Gasteiger partial charge in [0.05, 0.1) is 6.61 Å². The Morgan fingerprint density at radius 1 is 1.05 bits per heavy atom. The SMILES string of the molecule is CCC(Oc1cccc(CN(CCCOc2ccc3c(c2)OCO3)c2nc3ccccc3o2)c1)C(=O)O. The summed E-state index contributed by atoms with van der Waals surface area (Å²) < 4.78 is 28.4. The van der Waals surface area contributed by atoms with Gasteiger partial charge in [-0.1, -0.05) is 31.2 Å². The summed E-state index contributed by atoms with van der Waals surface area (Å²) >= 11 is 0. The Labute approximate surface area is 214 Å². The fourth-order valence-corrected chi connectivity index (χ4v) is 4.06. The molecular weight excluding hydrogens is 476 g/mol. The highest BCUT2D eigenvalue weighted by atomic mass is 16.7. The summed E-state index contributed by atoms with van der Waals surface area (Å²) in [4.78, 5) is 18.1. The Morgan fingerprint density at radius 2 is 1.92 bits per heavy atom. The first-order valence-corrected chi connectivity index (χ1v) is 12.2. The van der Waals surface area contributed by atoms with Gasteiger partial charge in [-0.15, -0.1) is 0 Å². The van der Waals surface area contributed by atoms with Gasteiger partial charge in [-0.2, -0.15) is 4.98 Å². The van der Waals surface area contributed by atoms with Crippen LogP contribution in [0.3, 0.4) is 0 Å². The quantitative estimate of drug-likeness (QED) is 0.258. The van der Waals surface area contributed by atoms with Gasteiger partial charge in [-0.05, 0) is 54.8 Å². The molecule has 0 aliphatic carbocycles. The maximum absolute atomic E-state index is 11.4. The summed E-state index contributed by atoms with van der Waals surface area (Å²) in [5.41, 5.74) is 2.43. The van der Waals surface area contributed by atoms with Crippen molar-refractivity contribution >= 4 is 23.1 Å². The van der Waals surface area contributed by atoms with Gasteiger partial charge in [0, 0.05) is 19.2 Å². The number of benzene rings is 3. The molecule has 1 N–H and O–H groups in total. The molecule has 0 fully saturated rings. The predicted molar refractivity (Wildman–Crippen MR) is 137 cm³/mol. The van der Waals surface area contributed by atoms with Crippen molar-refractivity contribution in [3.8, 4) is 23.0 Å². The Kier molecular flexibility index (Phi) is 7.30. The third-order valence-corrected chi connectivity index (χ3v) is 5.93. The number of hydrogen-bond donors (Lipinski definition) is 1. The topological polar surface area (TPSA) is 103 Å². The maximum atomic E-state index is 11.4. The number of rotatable bonds is 12. The highest BCUT2D eigenvalue weighted by molar-refractivity contribution is 5.74. The van der Waals surface area contributed by atoms with Crippen molar-refractivity contribution < 1.29 is 33.3 Å². The average molecular weight is 505 g/mol. The van der Waals surface area contributed by atoms with Gasteiger partial charge in [-0.25, -0.2) is 4.79 Å². The lowest BCUT2D eigenvalue weighted by Crippen LogP contribution is -2.27. The molecule has 1 unspecified atom stereocenters. The highest BCUT2D eigenvalue weighted by Crippen LogP contribution is 2.35. The van der Waals surface area contributed by atoms with Crippen molar-refractivity contribution in [2.45, 2.75) is 32.4 Å². The summed E-state index contributed by atoms with van der Waals surface area (Å²) in [5, 5.41) is 9.34. The van der Waals surface area contributed by atoms with Crippen molar-refractivity contribution in [2.24, 2.45) is 0 Å². The number of fused-ring (bicyclic) bond motifs is 2. The van der Waals surface area contributed by atoms with Gasteiger partial charge in [0.1, 0.15) is 17.0 Å². The zero-order chi connectivity index (χ0) is 25.6. The second kappa shape index (κ2) is 11.1. The van der Waals surface area contributed by atoms with Gasteiger partial charge < -0.3 is 33.4 Å². The smallest absolute Gasteiger partial charge is 0.344 e. The fourth-order valence-electron chi connectivity index (χ4n) is 4.06. The molecule has 0 saturated heterocycles. The largest absolute Gasteiger partial charge is 0.493 e. The molecule has 0 radical (unpaired) electrons. The number of nitrogens with zero attached hydrogens (tertiary/aromatic N) is 2. The van der Waals surface area contributed by atoms with E-state index in [0.29, 0.717) is 67.1 Å². The molecule has 0 amide bonds. The number of oxazole rings is 1. The molecule has 1 atom stereocenters. The van der Waals surface area contributed by atoms with Crippen molar-refractivity contribution in [1.29, 1.82) is 0 Å². The highest BCUT2D eigenvalue weighted by Gasteiger charge is 2.19. The van der Waals surface area contributed by atoms with E-state index in [1.165, 1.54) is 0 Å². The third kappa shape index (κ3) is 5.88. The van der Waals surface area contributed by atoms with Crippen LogP contribution in [0.15, 0.2) is 71.1 Å². The van der Waals surface area contributed by atoms with Gasteiger partial charge in [0.15, 0.2) is 23.2 Å². The summed E-state index contributed by atoms with van der Waals surface area (Å²) in [7, 11) is 0. The predicted octanol–water partition coefficient (Wildman–Crippen LogP) is 5.27. The maximum Gasteiger partial charge on any atom is 0.344 e. The number of aromatic nitrogens is 1. The van der Waals surface area contributed by atoms with Crippen molar-refractivity contribution in [1.82, 2.24) is 4.98 Å². The van der Waals surface area contributed by atoms with E-state index in [1.54, 1.807) is 13.0 Å². The number of anilines is 1. The van der Waals surface area contributed by atoms with Crippen LogP contribution in [0.2, 0.25) is 0 Å². The van der Waals surface area contributed by atoms with Crippen LogP contribution in [0.1, 0.15) is 25.3 Å². The monoisotopic (exact) mass is 504 g/mol. The molecule has 192 valence electrons. The Hall–Kier alpha value is -4.40. The van der Waals surface area contributed by atoms with Gasteiger partial charge in [-0.3, -0.25) is 0 Å². The summed E-state index contributed by atoms with van der Waals surface area (Å²) in [6.07, 6.45) is 0.190. The molecule has 5 rings (SSSR count). The number of carboxylic acids is 1. The molecule has 0 bridgehead atoms. The Bertz CT molecular complexity index is 1340. The van der Waals surface area contributed by atoms with Gasteiger partial charge in [0.25, 0.3) is 6.01 Å². The molecule has 0 spiro atoms. The minimum absolute atomic E-state index is 0.222. The van der Waals surface area contributed by atoms with E-state index in [0.717, 1.165) is 11.1 Å². The van der Waals surface area contributed by atoms with E-state index in [9.17, 15) is 9.90 Å². The molecule has 0 saturated carbocycles. The van der Waals surface area contributed by atoms with Crippen LogP contribution in [0.4, 0.5) is 6.01 Å². The zero-order valence-corrected chi connectivity index (χ0v) is 20.5. The standard InChI is InChI=1S/C28H28N2O7/c1-2-23(27(31)32)36-21-8-5-7-19(15-21)17-30(28-29-22-9-3-4-10-24(22)37-28)13-6-14-33-20-11-12-25-26(16-20)35-18-34-25/h3-5,7-12,15-16,23H,2,6,13-14,17-18H2,1H3,(H,31,32). The van der Waals surface area contributed by atoms with Crippen LogP contribution < -0.4 is 23.8 Å². The lowest BCUT2D eigenvalue weighted by atomic mass is 10.2. The van der Waals surface area contributed by atoms with E-state index >= 15 is 0 Å². The zero-order valence-electron chi connectivity index (χ0n) is 20.5. The Morgan fingerprint density at radius 3 is 2.76 bits per heavy atom. The molecule has 1 aromatic heterocycles. The van der Waals surface area contributed by atoms with Crippen LogP contribution in [0.25, 0.3) is 11.1 Å². The van der Waals surface area contributed by atoms with Crippen molar-refractivity contribution in [3.63, 3.8) is 0 Å². The second-order valence-corrected chi connectivity index (χ2v) is 8.60. The number of carbonyl (C=O) groups is 1. The average Bonchev–Trinajstić information content (AvgIpc) is 3.56. The fraction of sp³-hybridized carbons (Fsp3) is 0.286. The van der Waals surface area contributed by atoms with E-state index in [-0.39, 0.29) is 6.79 Å². The minimum atomic E-state index is -0.983. The molecule has 4 aromatic rings. The number of hydrogen-bond acceptors (Lipinski definition) is 8. The van der Waals surface area contributed by atoms with Crippen LogP contribution in [-0.2, 0) is 11.3 Å². The third-order valence-electron chi connectivity index (χ3n) is 5.93. The molecular formula is C28H28N2O7. The first kappa shape index (κ1) is 24.3. The number of ether oxygens (including phenoxy) is 4. The Balaban J connectivity index is 1.28. The molecule has 1 aliphatic heterocycles. The van der Waals surface area contributed by atoms with Crippen LogP contribution in [-0.4, -0.2) is 42.1 Å². The first-order valence-electron chi connectivity index (χ1n) is 12.2. The summed E-state index contributed by atoms with van der Waals surface area (Å²) in [6.45, 7) is 3.60. The molecule has 9 heteroatoms. The lowest BCUT2D eigenvalue weighted by Gasteiger charge is -2.21. The van der Waals surface area contributed by atoms with Crippen LogP contribution in [0, 0.1) is 0 Å². The van der Waals surface area contributed by atoms with Crippen molar-refractivity contribution in [3.05, 3.63) is 72.3 Å². The lowest BCUT2D eigenvalue weighted by molar-refractivity contribution is -0.145. The van der Waals surface area contributed by atoms with Gasteiger partial charge in [0.2, 0.25) is 6.79 Å². The summed E-state index contributed by atoms with van der Waals surface area (Å²) in [6, 6.07) is 21.1. The molecule has 3 aromatic carbocycles. The first-order chi connectivity index (χ1) is 18.1. The molecule has 2 heterocycles. The van der Waals surface area contributed by atoms with Gasteiger partial charge >= 0.3 is 5.97 Å². The van der Waals surface area contributed by atoms with E-state index < -0.39 is 12.1 Å². The minimum Gasteiger partial charge on any atom is -0.493 e. The van der Waals surface area contributed by atoms with E-state index in [1.807, 2.05) is 65.6 Å². The number of carboxylic acid groups (broad SMARTS) is 1. The molecule has 1 aliphatic rings. The normalized spacial score (nSPS) is 12.9. The van der Waals surface area contributed by atoms with E-state index in [4.69, 9.17) is 23.4 Å². The second-order valence-electron chi connectivity index (χ2n) is 8.60. The van der Waals surface area contributed by atoms with E-state index in [2.05, 4.69) is 4.98 Å².